The van der Waals surface area contributed by atoms with E-state index >= 15 is 0 Å². The van der Waals surface area contributed by atoms with E-state index in [0.29, 0.717) is 23.7 Å². The topological polar surface area (TPSA) is 62.5 Å². The second kappa shape index (κ2) is 6.78. The Morgan fingerprint density at radius 3 is 2.43 bits per heavy atom. The third-order valence-corrected chi connectivity index (χ3v) is 3.15. The number of hydrogen-bond acceptors (Lipinski definition) is 4. The lowest BCUT2D eigenvalue weighted by atomic mass is 10.1. The van der Waals surface area contributed by atoms with Gasteiger partial charge >= 0.3 is 0 Å². The molecule has 0 unspecified atom stereocenters. The summed E-state index contributed by atoms with van der Waals surface area (Å²) >= 11 is 0. The van der Waals surface area contributed by atoms with E-state index in [0.717, 1.165) is 11.1 Å². The average Bonchev–Trinajstić information content (AvgIpc) is 2.53. The van der Waals surface area contributed by atoms with E-state index in [-0.39, 0.29) is 0 Å². The molecule has 2 aromatic rings. The number of rotatable bonds is 5. The molecule has 0 aromatic heterocycles. The first-order valence-corrected chi connectivity index (χ1v) is 6.62. The Labute approximate surface area is 124 Å². The molecule has 1 N–H and O–H groups in total. The van der Waals surface area contributed by atoms with E-state index in [1.165, 1.54) is 0 Å². The van der Waals surface area contributed by atoms with Gasteiger partial charge in [-0.15, -0.1) is 0 Å². The minimum atomic E-state index is -0.550. The van der Waals surface area contributed by atoms with Gasteiger partial charge in [0.2, 0.25) is 0 Å². The van der Waals surface area contributed by atoms with Gasteiger partial charge in [0.25, 0.3) is 0 Å². The Bertz CT molecular complexity index is 642. The van der Waals surface area contributed by atoms with Crippen molar-refractivity contribution in [1.82, 2.24) is 0 Å². The lowest BCUT2D eigenvalue weighted by molar-refractivity contribution is 0.198. The fourth-order valence-electron chi connectivity index (χ4n) is 1.90. The molecule has 4 heteroatoms. The predicted octanol–water partition coefficient (Wildman–Crippen LogP) is 3.20. The molecule has 0 spiro atoms. The van der Waals surface area contributed by atoms with E-state index in [1.54, 1.807) is 44.4 Å². The zero-order valence-electron chi connectivity index (χ0n) is 12.0. The van der Waals surface area contributed by atoms with Crippen LogP contribution in [0.15, 0.2) is 42.5 Å². The van der Waals surface area contributed by atoms with Crippen LogP contribution in [0.5, 0.6) is 11.5 Å². The van der Waals surface area contributed by atoms with E-state index in [4.69, 9.17) is 14.7 Å². The van der Waals surface area contributed by atoms with Crippen molar-refractivity contribution in [3.63, 3.8) is 0 Å². The summed E-state index contributed by atoms with van der Waals surface area (Å²) in [6, 6.07) is 14.7. The first-order chi connectivity index (χ1) is 10.1. The van der Waals surface area contributed by atoms with Crippen molar-refractivity contribution in [3.05, 3.63) is 59.2 Å². The normalized spacial score (nSPS) is 11.5. The highest BCUT2D eigenvalue weighted by Crippen LogP contribution is 2.30. The number of aliphatic hydroxyl groups excluding tert-OH is 1. The lowest BCUT2D eigenvalue weighted by Gasteiger charge is -2.13. The number of nitriles is 1. The third kappa shape index (κ3) is 3.74. The molecule has 0 saturated carbocycles. The largest absolute Gasteiger partial charge is 0.493 e. The SMILES string of the molecule is COc1cc([C@@H](C)O)ccc1OCc1ccc(C#N)cc1. The summed E-state index contributed by atoms with van der Waals surface area (Å²) in [5.41, 5.74) is 2.37. The summed E-state index contributed by atoms with van der Waals surface area (Å²) in [5.74, 6) is 1.20. The van der Waals surface area contributed by atoms with Crippen LogP contribution in [-0.4, -0.2) is 12.2 Å². The summed E-state index contributed by atoms with van der Waals surface area (Å²) in [6.45, 7) is 2.09. The van der Waals surface area contributed by atoms with Crippen molar-refractivity contribution >= 4 is 0 Å². The van der Waals surface area contributed by atoms with Crippen molar-refractivity contribution in [2.75, 3.05) is 7.11 Å². The zero-order valence-corrected chi connectivity index (χ0v) is 12.0. The van der Waals surface area contributed by atoms with E-state index < -0.39 is 6.10 Å². The molecule has 0 aliphatic heterocycles. The standard InChI is InChI=1S/C17H17NO3/c1-12(19)15-7-8-16(17(9-15)20-2)21-11-14-5-3-13(10-18)4-6-14/h3-9,12,19H,11H2,1-2H3/t12-/m1/s1. The molecule has 2 rings (SSSR count). The molecule has 21 heavy (non-hydrogen) atoms. The van der Waals surface area contributed by atoms with Crippen LogP contribution in [0.2, 0.25) is 0 Å². The maximum atomic E-state index is 9.57. The Kier molecular flexibility index (Phi) is 4.81. The van der Waals surface area contributed by atoms with Crippen molar-refractivity contribution < 1.29 is 14.6 Å². The number of hydrogen-bond donors (Lipinski definition) is 1. The fraction of sp³-hybridized carbons (Fsp3) is 0.235. The monoisotopic (exact) mass is 283 g/mol. The molecule has 108 valence electrons. The fourth-order valence-corrected chi connectivity index (χ4v) is 1.90. The molecular formula is C17H17NO3. The number of ether oxygens (including phenoxy) is 2. The van der Waals surface area contributed by atoms with Gasteiger partial charge in [-0.05, 0) is 42.3 Å². The van der Waals surface area contributed by atoms with E-state index in [1.807, 2.05) is 12.1 Å². The second-order valence-electron chi connectivity index (χ2n) is 4.68. The summed E-state index contributed by atoms with van der Waals surface area (Å²) in [6.07, 6.45) is -0.550. The Morgan fingerprint density at radius 1 is 1.14 bits per heavy atom. The molecule has 0 fully saturated rings. The van der Waals surface area contributed by atoms with Gasteiger partial charge in [0.1, 0.15) is 6.61 Å². The van der Waals surface area contributed by atoms with Gasteiger partial charge in [-0.3, -0.25) is 0 Å². The number of nitrogens with zero attached hydrogens (tertiary/aromatic N) is 1. The third-order valence-electron chi connectivity index (χ3n) is 3.15. The van der Waals surface area contributed by atoms with Gasteiger partial charge in [0.05, 0.1) is 24.8 Å². The Morgan fingerprint density at radius 2 is 1.86 bits per heavy atom. The first-order valence-electron chi connectivity index (χ1n) is 6.62. The maximum Gasteiger partial charge on any atom is 0.161 e. The molecule has 0 heterocycles. The smallest absolute Gasteiger partial charge is 0.161 e. The number of aliphatic hydroxyl groups is 1. The van der Waals surface area contributed by atoms with Crippen molar-refractivity contribution in [2.24, 2.45) is 0 Å². The zero-order chi connectivity index (χ0) is 15.2. The predicted molar refractivity (Wildman–Crippen MR) is 79.1 cm³/mol. The molecule has 0 radical (unpaired) electrons. The van der Waals surface area contributed by atoms with Gasteiger partial charge in [-0.25, -0.2) is 0 Å². The molecule has 2 aromatic carbocycles. The highest BCUT2D eigenvalue weighted by atomic mass is 16.5. The molecule has 0 aliphatic rings. The summed E-state index contributed by atoms with van der Waals surface area (Å²) in [7, 11) is 1.57. The van der Waals surface area contributed by atoms with E-state index in [9.17, 15) is 5.11 Å². The van der Waals surface area contributed by atoms with Gasteiger partial charge in [-0.1, -0.05) is 18.2 Å². The van der Waals surface area contributed by atoms with Gasteiger partial charge < -0.3 is 14.6 Å². The van der Waals surface area contributed by atoms with Crippen molar-refractivity contribution in [2.45, 2.75) is 19.6 Å². The van der Waals surface area contributed by atoms with Crippen molar-refractivity contribution in [3.8, 4) is 17.6 Å². The maximum absolute atomic E-state index is 9.57. The van der Waals surface area contributed by atoms with E-state index in [2.05, 4.69) is 6.07 Å². The number of benzene rings is 2. The minimum Gasteiger partial charge on any atom is -0.493 e. The molecule has 0 saturated heterocycles. The Balaban J connectivity index is 2.10. The molecule has 0 aliphatic carbocycles. The van der Waals surface area contributed by atoms with Gasteiger partial charge in [0, 0.05) is 0 Å². The highest BCUT2D eigenvalue weighted by Gasteiger charge is 2.09. The van der Waals surface area contributed by atoms with Crippen LogP contribution in [0.3, 0.4) is 0 Å². The van der Waals surface area contributed by atoms with Crippen LogP contribution in [0.1, 0.15) is 29.7 Å². The van der Waals surface area contributed by atoms with Gasteiger partial charge in [-0.2, -0.15) is 5.26 Å². The summed E-state index contributed by atoms with van der Waals surface area (Å²) in [4.78, 5) is 0. The van der Waals surface area contributed by atoms with Crippen LogP contribution in [-0.2, 0) is 6.61 Å². The summed E-state index contributed by atoms with van der Waals surface area (Å²) in [5, 5.41) is 18.3. The number of methoxy groups -OCH3 is 1. The molecular weight excluding hydrogens is 266 g/mol. The van der Waals surface area contributed by atoms with Crippen LogP contribution in [0, 0.1) is 11.3 Å². The highest BCUT2D eigenvalue weighted by molar-refractivity contribution is 5.43. The molecule has 0 bridgehead atoms. The molecule has 4 nitrogen and oxygen atoms in total. The quantitative estimate of drug-likeness (QED) is 0.915. The van der Waals surface area contributed by atoms with Crippen LogP contribution in [0.4, 0.5) is 0 Å². The Hall–Kier alpha value is -2.51. The summed E-state index contributed by atoms with van der Waals surface area (Å²) < 4.78 is 11.0. The molecule has 0 amide bonds. The minimum absolute atomic E-state index is 0.385. The second-order valence-corrected chi connectivity index (χ2v) is 4.68. The van der Waals surface area contributed by atoms with Gasteiger partial charge in [0.15, 0.2) is 11.5 Å². The van der Waals surface area contributed by atoms with Crippen LogP contribution < -0.4 is 9.47 Å². The van der Waals surface area contributed by atoms with Crippen LogP contribution in [0.25, 0.3) is 0 Å². The van der Waals surface area contributed by atoms with Crippen molar-refractivity contribution in [1.29, 1.82) is 5.26 Å². The molecule has 1 atom stereocenters. The van der Waals surface area contributed by atoms with Crippen LogP contribution >= 0.6 is 0 Å². The lowest BCUT2D eigenvalue weighted by Crippen LogP contribution is -1.99. The first kappa shape index (κ1) is 14.9. The average molecular weight is 283 g/mol.